The number of rotatable bonds is 7. The fourth-order valence-electron chi connectivity index (χ4n) is 9.98. The molecule has 350 valence electrons. The van der Waals surface area contributed by atoms with E-state index in [1.807, 2.05) is 24.3 Å². The predicted molar refractivity (Wildman–Crippen MR) is 304 cm³/mol. The molecule has 0 bridgehead atoms. The van der Waals surface area contributed by atoms with E-state index in [0.29, 0.717) is 0 Å². The summed E-state index contributed by atoms with van der Waals surface area (Å²) < 4.78 is 0. The predicted octanol–water partition coefficient (Wildman–Crippen LogP) is 14.6. The SMILES string of the molecule is [Ag+].[Ag+].[C-]#Cc1cccc2cc3c(cc12)C=C1C=CC=CC1(C)C3.[C-]#Cc1cccc2cc3cc4ccccc4cc3cc12.c1ccc([PH+](CC[PH+](c2ccccc2)c2ccccc2)c2ccccc2)cc1. The van der Waals surface area contributed by atoms with Crippen molar-refractivity contribution in [1.82, 2.24) is 0 Å². The molecule has 1 atom stereocenters. The fourth-order valence-corrected chi connectivity index (χ4v) is 16.2. The number of hydrogen-bond donors (Lipinski definition) is 0. The van der Waals surface area contributed by atoms with Crippen LogP contribution in [0.4, 0.5) is 0 Å². The summed E-state index contributed by atoms with van der Waals surface area (Å²) in [6, 6.07) is 78.2. The molecule has 0 amide bonds. The summed E-state index contributed by atoms with van der Waals surface area (Å²) in [5, 5.41) is 15.6. The van der Waals surface area contributed by atoms with Crippen molar-refractivity contribution in [1.29, 1.82) is 0 Å². The van der Waals surface area contributed by atoms with Crippen LogP contribution in [0.25, 0.3) is 49.2 Å². The topological polar surface area (TPSA) is 0 Å². The fraction of sp³-hybridized carbons (Fsp3) is 0.0746. The summed E-state index contributed by atoms with van der Waals surface area (Å²) in [4.78, 5) is 0. The molecule has 0 saturated heterocycles. The van der Waals surface area contributed by atoms with Crippen molar-refractivity contribution < 1.29 is 44.8 Å². The van der Waals surface area contributed by atoms with Crippen molar-refractivity contribution in [2.24, 2.45) is 5.41 Å². The third-order valence-electron chi connectivity index (χ3n) is 13.6. The molecule has 0 fully saturated rings. The molecule has 0 radical (unpaired) electrons. The van der Waals surface area contributed by atoms with Gasteiger partial charge in [0.05, 0.1) is 37.1 Å². The van der Waals surface area contributed by atoms with E-state index in [-0.39, 0.29) is 50.2 Å². The van der Waals surface area contributed by atoms with Crippen LogP contribution in [0.1, 0.15) is 29.2 Å². The molecule has 71 heavy (non-hydrogen) atoms. The van der Waals surface area contributed by atoms with Crippen LogP contribution >= 0.6 is 15.8 Å². The van der Waals surface area contributed by atoms with Gasteiger partial charge in [-0.3, -0.25) is 11.8 Å². The number of hydrogen-bond acceptors (Lipinski definition) is 0. The first-order chi connectivity index (χ1) is 34.0. The normalized spacial score (nSPS) is 14.1. The van der Waals surface area contributed by atoms with Crippen LogP contribution in [0.3, 0.4) is 0 Å². The number of allylic oxidation sites excluding steroid dienone is 5. The van der Waals surface area contributed by atoms with Gasteiger partial charge in [-0.15, -0.1) is 23.3 Å². The minimum atomic E-state index is -0.783. The summed E-state index contributed by atoms with van der Waals surface area (Å²) in [6.45, 7) is 2.30. The van der Waals surface area contributed by atoms with Gasteiger partial charge in [0.15, 0.2) is 0 Å². The molecular weight excluding hydrogens is 1080 g/mol. The van der Waals surface area contributed by atoms with E-state index in [1.165, 1.54) is 77.2 Å². The second-order valence-corrected chi connectivity index (χ2v) is 23.3. The molecule has 12 rings (SSSR count). The van der Waals surface area contributed by atoms with E-state index in [2.05, 4.69) is 243 Å². The van der Waals surface area contributed by atoms with Gasteiger partial charge in [0, 0.05) is 5.41 Å². The zero-order valence-electron chi connectivity index (χ0n) is 39.4. The number of benzene rings is 10. The van der Waals surface area contributed by atoms with E-state index in [4.69, 9.17) is 12.8 Å². The van der Waals surface area contributed by atoms with Crippen LogP contribution in [0, 0.1) is 30.1 Å². The summed E-state index contributed by atoms with van der Waals surface area (Å²) in [7, 11) is -1.57. The molecule has 0 aliphatic heterocycles. The Morgan fingerprint density at radius 2 is 0.845 bits per heavy atom. The minimum absolute atomic E-state index is 0. The first-order valence-corrected chi connectivity index (χ1v) is 27.2. The molecule has 0 saturated carbocycles. The molecule has 10 aromatic carbocycles. The molecule has 2 aliphatic rings. The average molecular weight is 1130 g/mol. The summed E-state index contributed by atoms with van der Waals surface area (Å²) in [5.74, 6) is 5.07. The van der Waals surface area contributed by atoms with E-state index >= 15 is 0 Å². The van der Waals surface area contributed by atoms with E-state index in [9.17, 15) is 0 Å². The molecule has 4 heteroatoms. The van der Waals surface area contributed by atoms with Crippen LogP contribution in [-0.4, -0.2) is 12.3 Å². The molecule has 0 aromatic heterocycles. The van der Waals surface area contributed by atoms with Gasteiger partial charge in [-0.2, -0.15) is 0 Å². The maximum atomic E-state index is 7.46. The summed E-state index contributed by atoms with van der Waals surface area (Å²) in [6.07, 6.45) is 29.5. The van der Waals surface area contributed by atoms with Gasteiger partial charge in [-0.05, 0) is 122 Å². The van der Waals surface area contributed by atoms with Gasteiger partial charge < -0.3 is 12.8 Å². The van der Waals surface area contributed by atoms with Crippen molar-refractivity contribution in [3.05, 3.63) is 283 Å². The van der Waals surface area contributed by atoms with Crippen molar-refractivity contribution in [2.45, 2.75) is 13.3 Å². The monoisotopic (exact) mass is 1130 g/mol. The Balaban J connectivity index is 0.000000143. The summed E-state index contributed by atoms with van der Waals surface area (Å²) in [5.41, 5.74) is 5.85. The Bertz CT molecular complexity index is 3460. The van der Waals surface area contributed by atoms with Gasteiger partial charge >= 0.3 is 44.8 Å². The maximum absolute atomic E-state index is 7.46. The molecule has 10 aromatic rings. The van der Waals surface area contributed by atoms with Gasteiger partial charge in [0.2, 0.25) is 0 Å². The second kappa shape index (κ2) is 23.9. The van der Waals surface area contributed by atoms with E-state index in [1.54, 1.807) is 0 Å². The Kier molecular flexibility index (Phi) is 17.3. The van der Waals surface area contributed by atoms with Gasteiger partial charge in [0.1, 0.15) is 12.3 Å². The zero-order valence-corrected chi connectivity index (χ0v) is 44.4. The second-order valence-electron chi connectivity index (χ2n) is 18.1. The number of fused-ring (bicyclic) bond motifs is 6. The molecular formula is C67H52Ag2P2+2. The van der Waals surface area contributed by atoms with Crippen LogP contribution in [-0.2, 0) is 51.2 Å². The molecule has 2 aliphatic carbocycles. The van der Waals surface area contributed by atoms with Crippen molar-refractivity contribution in [3.8, 4) is 11.8 Å². The van der Waals surface area contributed by atoms with E-state index < -0.39 is 15.8 Å². The third-order valence-corrected chi connectivity index (χ3v) is 19.7. The largest absolute Gasteiger partial charge is 1.00 e. The summed E-state index contributed by atoms with van der Waals surface area (Å²) >= 11 is 0. The standard InChI is InChI=1S/C26H24P2.C21H15.C20H11.2Ag/c1-5-13-23(14-6-1)27(24-15-7-2-8-16-24)21-22-28(25-17-9-3-10-18-25)26-19-11-4-12-20-26;1-3-15-7-6-8-16-11-18-14-21(2)10-5-4-9-19(21)12-17(18)13-20(15)16;1-2-14-8-5-9-17-12-18-10-15-6-3-4-7-16(15)11-19(18)13-20(14)17;;/h1-20H,21-22H2;4-13H,14H2,2H3;3-13H;;/q;2*-1;2*+1/p+2. The molecule has 0 spiro atoms. The van der Waals surface area contributed by atoms with E-state index in [0.717, 1.165) is 33.7 Å². The van der Waals surface area contributed by atoms with Crippen LogP contribution < -0.4 is 21.2 Å². The molecule has 0 nitrogen and oxygen atoms in total. The third kappa shape index (κ3) is 11.7. The quantitative estimate of drug-likeness (QED) is 0.0491. The van der Waals surface area contributed by atoms with Gasteiger partial charge in [0.25, 0.3) is 0 Å². The molecule has 0 N–H and O–H groups in total. The van der Waals surface area contributed by atoms with Crippen molar-refractivity contribution >= 4 is 86.2 Å². The minimum Gasteiger partial charge on any atom is -0.366 e. The van der Waals surface area contributed by atoms with Crippen LogP contribution in [0.2, 0.25) is 0 Å². The van der Waals surface area contributed by atoms with Crippen molar-refractivity contribution in [3.63, 3.8) is 0 Å². The zero-order chi connectivity index (χ0) is 47.0. The maximum Gasteiger partial charge on any atom is 1.00 e. The Labute approximate surface area is 453 Å². The molecule has 1 unspecified atom stereocenters. The first kappa shape index (κ1) is 51.3. The van der Waals surface area contributed by atoms with Crippen LogP contribution in [0.15, 0.2) is 248 Å². The van der Waals surface area contributed by atoms with Gasteiger partial charge in [-0.25, -0.2) is 0 Å². The molecule has 0 heterocycles. The Morgan fingerprint density at radius 1 is 0.437 bits per heavy atom. The Hall–Kier alpha value is -6.08. The van der Waals surface area contributed by atoms with Crippen LogP contribution in [0.5, 0.6) is 0 Å². The smallest absolute Gasteiger partial charge is 0.366 e. The van der Waals surface area contributed by atoms with Crippen molar-refractivity contribution in [2.75, 3.05) is 12.3 Å². The average Bonchev–Trinajstić information content (AvgIpc) is 3.40. The van der Waals surface area contributed by atoms with Gasteiger partial charge in [-0.1, -0.05) is 188 Å². The first-order valence-electron chi connectivity index (χ1n) is 23.7. The Morgan fingerprint density at radius 3 is 1.32 bits per heavy atom.